The van der Waals surface area contributed by atoms with Crippen molar-refractivity contribution in [2.45, 2.75) is 19.8 Å². The average Bonchev–Trinajstić information content (AvgIpc) is 2.89. The molecule has 0 bridgehead atoms. The molecule has 38 heavy (non-hydrogen) atoms. The summed E-state index contributed by atoms with van der Waals surface area (Å²) in [5.74, 6) is -0.450. The van der Waals surface area contributed by atoms with E-state index in [4.69, 9.17) is 10.5 Å². The number of aromatic nitrogens is 3. The topological polar surface area (TPSA) is 112 Å². The fourth-order valence-electron chi connectivity index (χ4n) is 3.78. The SMILES string of the molecule is COC(=O)Nc1ccc(CCOc2nc(N)nc(-c3ccc(F)cc3)c2-c2cc(C)nc(C(F)F)c2)cc1. The predicted octanol–water partition coefficient (Wildman–Crippen LogP) is 5.97. The summed E-state index contributed by atoms with van der Waals surface area (Å²) < 4.78 is 51.3. The van der Waals surface area contributed by atoms with Crippen molar-refractivity contribution in [3.8, 4) is 28.3 Å². The van der Waals surface area contributed by atoms with Crippen LogP contribution in [0.2, 0.25) is 0 Å². The summed E-state index contributed by atoms with van der Waals surface area (Å²) in [6.07, 6.45) is -2.90. The van der Waals surface area contributed by atoms with E-state index in [-0.39, 0.29) is 18.4 Å². The lowest BCUT2D eigenvalue weighted by Crippen LogP contribution is -2.11. The van der Waals surface area contributed by atoms with E-state index in [1.807, 2.05) is 12.1 Å². The van der Waals surface area contributed by atoms with Gasteiger partial charge in [0.2, 0.25) is 11.8 Å². The summed E-state index contributed by atoms with van der Waals surface area (Å²) in [6, 6.07) is 15.5. The number of nitrogen functional groups attached to an aromatic ring is 1. The number of carbonyl (C=O) groups is 1. The van der Waals surface area contributed by atoms with Crippen molar-refractivity contribution < 1.29 is 27.4 Å². The molecule has 3 N–H and O–H groups in total. The number of rotatable bonds is 8. The van der Waals surface area contributed by atoms with Gasteiger partial charge in [0.05, 0.1) is 25.0 Å². The van der Waals surface area contributed by atoms with Gasteiger partial charge < -0.3 is 15.2 Å². The fraction of sp³-hybridized carbons (Fsp3) is 0.185. The molecule has 0 radical (unpaired) electrons. The van der Waals surface area contributed by atoms with Crippen molar-refractivity contribution in [2.24, 2.45) is 0 Å². The number of pyridine rings is 1. The lowest BCUT2D eigenvalue weighted by molar-refractivity contribution is 0.146. The van der Waals surface area contributed by atoms with Gasteiger partial charge in [-0.05, 0) is 66.6 Å². The van der Waals surface area contributed by atoms with Crippen LogP contribution in [0.3, 0.4) is 0 Å². The van der Waals surface area contributed by atoms with Crippen LogP contribution in [0.1, 0.15) is 23.4 Å². The second-order valence-electron chi connectivity index (χ2n) is 8.25. The van der Waals surface area contributed by atoms with Crippen LogP contribution in [0.15, 0.2) is 60.7 Å². The third-order valence-corrected chi connectivity index (χ3v) is 5.51. The first-order valence-electron chi connectivity index (χ1n) is 11.5. The molecule has 0 unspecified atom stereocenters. The van der Waals surface area contributed by atoms with Gasteiger partial charge in [0.15, 0.2) is 0 Å². The zero-order chi connectivity index (χ0) is 27.2. The monoisotopic (exact) mass is 523 g/mol. The van der Waals surface area contributed by atoms with Gasteiger partial charge in [-0.25, -0.2) is 22.9 Å². The van der Waals surface area contributed by atoms with Gasteiger partial charge in [-0.3, -0.25) is 10.3 Å². The summed E-state index contributed by atoms with van der Waals surface area (Å²) in [6.45, 7) is 1.77. The lowest BCUT2D eigenvalue weighted by Gasteiger charge is -2.16. The zero-order valence-corrected chi connectivity index (χ0v) is 20.5. The van der Waals surface area contributed by atoms with Gasteiger partial charge in [-0.15, -0.1) is 0 Å². The Bertz CT molecular complexity index is 1430. The predicted molar refractivity (Wildman–Crippen MR) is 136 cm³/mol. The molecular formula is C27H24F3N5O3. The number of alkyl halides is 2. The fourth-order valence-corrected chi connectivity index (χ4v) is 3.78. The van der Waals surface area contributed by atoms with Crippen molar-refractivity contribution in [1.82, 2.24) is 15.0 Å². The summed E-state index contributed by atoms with van der Waals surface area (Å²) >= 11 is 0. The molecule has 1 amide bonds. The van der Waals surface area contributed by atoms with Gasteiger partial charge in [-0.2, -0.15) is 4.98 Å². The lowest BCUT2D eigenvalue weighted by atomic mass is 9.99. The number of anilines is 2. The molecular weight excluding hydrogens is 499 g/mol. The van der Waals surface area contributed by atoms with E-state index in [0.29, 0.717) is 40.2 Å². The van der Waals surface area contributed by atoms with E-state index < -0.39 is 24.0 Å². The van der Waals surface area contributed by atoms with Crippen LogP contribution >= 0.6 is 0 Å². The Labute approximate surface area is 216 Å². The zero-order valence-electron chi connectivity index (χ0n) is 20.5. The highest BCUT2D eigenvalue weighted by atomic mass is 19.3. The first-order chi connectivity index (χ1) is 18.2. The van der Waals surface area contributed by atoms with Crippen LogP contribution < -0.4 is 15.8 Å². The number of hydrogen-bond donors (Lipinski definition) is 2. The Morgan fingerprint density at radius 1 is 1.00 bits per heavy atom. The molecule has 0 saturated carbocycles. The molecule has 2 aromatic carbocycles. The number of benzene rings is 2. The van der Waals surface area contributed by atoms with E-state index in [1.165, 1.54) is 37.4 Å². The van der Waals surface area contributed by atoms with E-state index in [9.17, 15) is 18.0 Å². The molecule has 0 atom stereocenters. The van der Waals surface area contributed by atoms with Crippen molar-refractivity contribution in [3.05, 3.63) is 83.4 Å². The van der Waals surface area contributed by atoms with E-state index in [0.717, 1.165) is 5.56 Å². The first-order valence-corrected chi connectivity index (χ1v) is 11.5. The minimum atomic E-state index is -2.79. The molecule has 11 heteroatoms. The van der Waals surface area contributed by atoms with Gasteiger partial charge in [0.1, 0.15) is 11.5 Å². The number of halogens is 3. The summed E-state index contributed by atoms with van der Waals surface area (Å²) in [5, 5.41) is 2.57. The van der Waals surface area contributed by atoms with E-state index in [2.05, 4.69) is 25.0 Å². The Hall–Kier alpha value is -4.67. The second-order valence-corrected chi connectivity index (χ2v) is 8.25. The minimum Gasteiger partial charge on any atom is -0.477 e. The van der Waals surface area contributed by atoms with Crippen LogP contribution in [0.25, 0.3) is 22.4 Å². The van der Waals surface area contributed by atoms with Crippen LogP contribution in [0, 0.1) is 12.7 Å². The molecule has 0 saturated heterocycles. The number of amides is 1. The molecule has 0 aliphatic rings. The molecule has 2 aromatic heterocycles. The van der Waals surface area contributed by atoms with Crippen molar-refractivity contribution in [1.29, 1.82) is 0 Å². The Morgan fingerprint density at radius 3 is 2.37 bits per heavy atom. The number of carbonyl (C=O) groups excluding carboxylic acids is 1. The summed E-state index contributed by atoms with van der Waals surface area (Å²) in [7, 11) is 1.28. The maximum absolute atomic E-state index is 13.6. The average molecular weight is 524 g/mol. The van der Waals surface area contributed by atoms with Crippen LogP contribution in [0.4, 0.5) is 29.6 Å². The standard InChI is InChI=1S/C27H24F3N5O3/c1-15-13-18(14-21(32-15)24(29)30)22-23(17-5-7-19(28)8-6-17)34-26(31)35-25(22)38-12-11-16-3-9-20(10-4-16)33-27(36)37-2/h3-10,13-14,24H,11-12H2,1-2H3,(H,33,36)(H2,31,34,35). The normalized spacial score (nSPS) is 10.9. The molecule has 4 rings (SSSR count). The van der Waals surface area contributed by atoms with Crippen molar-refractivity contribution in [3.63, 3.8) is 0 Å². The number of hydrogen-bond acceptors (Lipinski definition) is 7. The molecule has 0 fully saturated rings. The van der Waals surface area contributed by atoms with Crippen molar-refractivity contribution in [2.75, 3.05) is 24.8 Å². The van der Waals surface area contributed by atoms with Gasteiger partial charge in [-0.1, -0.05) is 12.1 Å². The van der Waals surface area contributed by atoms with E-state index >= 15 is 0 Å². The van der Waals surface area contributed by atoms with Gasteiger partial charge in [0.25, 0.3) is 6.43 Å². The number of nitrogens with one attached hydrogen (secondary N) is 1. The van der Waals surface area contributed by atoms with Crippen molar-refractivity contribution >= 4 is 17.7 Å². The van der Waals surface area contributed by atoms with Crippen LogP contribution in [0.5, 0.6) is 5.88 Å². The molecule has 8 nitrogen and oxygen atoms in total. The van der Waals surface area contributed by atoms with Gasteiger partial charge in [0, 0.05) is 23.4 Å². The molecule has 196 valence electrons. The molecule has 0 aliphatic carbocycles. The molecule has 4 aromatic rings. The third-order valence-electron chi connectivity index (χ3n) is 5.51. The second kappa shape index (κ2) is 11.6. The highest BCUT2D eigenvalue weighted by Gasteiger charge is 2.21. The number of nitrogens with two attached hydrogens (primary N) is 1. The highest BCUT2D eigenvalue weighted by Crippen LogP contribution is 2.39. The highest BCUT2D eigenvalue weighted by molar-refractivity contribution is 5.85. The van der Waals surface area contributed by atoms with E-state index in [1.54, 1.807) is 25.1 Å². The number of aryl methyl sites for hydroxylation is 1. The number of methoxy groups -OCH3 is 1. The van der Waals surface area contributed by atoms with Crippen LogP contribution in [-0.4, -0.2) is 34.8 Å². The minimum absolute atomic E-state index is 0.0895. The smallest absolute Gasteiger partial charge is 0.411 e. The third kappa shape index (κ3) is 6.36. The Kier molecular flexibility index (Phi) is 8.05. The van der Waals surface area contributed by atoms with Gasteiger partial charge >= 0.3 is 6.09 Å². The summed E-state index contributed by atoms with van der Waals surface area (Å²) in [4.78, 5) is 23.8. The Balaban J connectivity index is 1.68. The number of nitrogens with zero attached hydrogens (tertiary/aromatic N) is 3. The quantitative estimate of drug-likeness (QED) is 0.292. The molecule has 2 heterocycles. The number of ether oxygens (including phenoxy) is 2. The molecule has 0 spiro atoms. The summed E-state index contributed by atoms with van der Waals surface area (Å²) in [5.41, 5.74) is 8.91. The maximum atomic E-state index is 13.6. The largest absolute Gasteiger partial charge is 0.477 e. The maximum Gasteiger partial charge on any atom is 0.411 e. The molecule has 0 aliphatic heterocycles. The van der Waals surface area contributed by atoms with Crippen LogP contribution in [-0.2, 0) is 11.2 Å². The Morgan fingerprint density at radius 2 is 1.71 bits per heavy atom. The first kappa shape index (κ1) is 26.4.